The molecule has 33 heavy (non-hydrogen) atoms. The van der Waals surface area contributed by atoms with E-state index >= 15 is 0 Å². The summed E-state index contributed by atoms with van der Waals surface area (Å²) in [6.45, 7) is 6.08. The molecule has 1 heterocycles. The monoisotopic (exact) mass is 442 g/mol. The van der Waals surface area contributed by atoms with Crippen LogP contribution in [0.15, 0.2) is 72.4 Å². The van der Waals surface area contributed by atoms with Gasteiger partial charge in [-0.25, -0.2) is 9.29 Å². The Morgan fingerprint density at radius 2 is 1.58 bits per heavy atom. The number of hydrogen-bond acceptors (Lipinski definition) is 3. The fourth-order valence-corrected chi connectivity index (χ4v) is 4.05. The molecule has 0 atom stereocenters. The molecule has 0 saturated carbocycles. The van der Waals surface area contributed by atoms with Crippen molar-refractivity contribution in [1.82, 2.24) is 0 Å². The Labute approximate surface area is 193 Å². The minimum atomic E-state index is -0.430. The molecule has 5 heteroatoms. The second-order valence-corrected chi connectivity index (χ2v) is 8.42. The molecule has 2 amide bonds. The van der Waals surface area contributed by atoms with E-state index in [0.29, 0.717) is 11.3 Å². The number of benzene rings is 3. The van der Waals surface area contributed by atoms with Crippen molar-refractivity contribution in [3.8, 4) is 0 Å². The number of carbonyl (C=O) groups excluding carboxylic acids is 2. The van der Waals surface area contributed by atoms with Crippen LogP contribution in [-0.2, 0) is 16.0 Å². The number of unbranched alkanes of at least 4 members (excludes halogenated alkanes) is 1. The number of nitrogens with zero attached hydrogens (tertiary/aromatic N) is 1. The highest BCUT2D eigenvalue weighted by atomic mass is 19.1. The van der Waals surface area contributed by atoms with Crippen molar-refractivity contribution in [2.24, 2.45) is 0 Å². The predicted molar refractivity (Wildman–Crippen MR) is 130 cm³/mol. The topological polar surface area (TPSA) is 49.4 Å². The van der Waals surface area contributed by atoms with Gasteiger partial charge in [-0.05, 0) is 73.7 Å². The summed E-state index contributed by atoms with van der Waals surface area (Å²) >= 11 is 0. The number of carbonyl (C=O) groups is 2. The minimum Gasteiger partial charge on any atom is -0.350 e. The molecule has 0 aliphatic carbocycles. The Bertz CT molecular complexity index is 1230. The summed E-state index contributed by atoms with van der Waals surface area (Å²) in [4.78, 5) is 28.2. The second-order valence-electron chi connectivity index (χ2n) is 8.42. The highest BCUT2D eigenvalue weighted by molar-refractivity contribution is 6.46. The molecule has 168 valence electrons. The Morgan fingerprint density at radius 1 is 0.879 bits per heavy atom. The summed E-state index contributed by atoms with van der Waals surface area (Å²) in [5.74, 6) is -1.26. The summed E-state index contributed by atoms with van der Waals surface area (Å²) < 4.78 is 13.6. The summed E-state index contributed by atoms with van der Waals surface area (Å²) in [7, 11) is 0. The molecule has 4 nitrogen and oxygen atoms in total. The van der Waals surface area contributed by atoms with Crippen LogP contribution in [0, 0.1) is 19.7 Å². The molecule has 3 aromatic rings. The first-order chi connectivity index (χ1) is 15.9. The molecule has 1 aliphatic heterocycles. The first-order valence-electron chi connectivity index (χ1n) is 11.2. The maximum Gasteiger partial charge on any atom is 0.282 e. The van der Waals surface area contributed by atoms with Crippen molar-refractivity contribution in [1.29, 1.82) is 0 Å². The average molecular weight is 443 g/mol. The van der Waals surface area contributed by atoms with Crippen LogP contribution in [0.4, 0.5) is 15.8 Å². The third-order valence-electron chi connectivity index (χ3n) is 5.87. The maximum absolute atomic E-state index is 13.6. The van der Waals surface area contributed by atoms with Gasteiger partial charge >= 0.3 is 0 Å². The molecule has 0 radical (unpaired) electrons. The van der Waals surface area contributed by atoms with Crippen LogP contribution in [0.1, 0.15) is 42.0 Å². The van der Waals surface area contributed by atoms with Gasteiger partial charge in [0.15, 0.2) is 0 Å². The van der Waals surface area contributed by atoms with Gasteiger partial charge in [-0.15, -0.1) is 0 Å². The lowest BCUT2D eigenvalue weighted by atomic mass is 10.0. The number of imide groups is 1. The van der Waals surface area contributed by atoms with Gasteiger partial charge in [0, 0.05) is 5.69 Å². The molecule has 1 N–H and O–H groups in total. The normalized spacial score (nSPS) is 13.8. The largest absolute Gasteiger partial charge is 0.350 e. The molecule has 0 aromatic heterocycles. The number of rotatable bonds is 7. The summed E-state index contributed by atoms with van der Waals surface area (Å²) in [5, 5.41) is 3.19. The van der Waals surface area contributed by atoms with Gasteiger partial charge in [0.2, 0.25) is 0 Å². The molecule has 4 rings (SSSR count). The number of amides is 2. The Kier molecular flexibility index (Phi) is 6.40. The lowest BCUT2D eigenvalue weighted by Crippen LogP contribution is -2.32. The van der Waals surface area contributed by atoms with E-state index in [1.165, 1.54) is 34.7 Å². The van der Waals surface area contributed by atoms with Crippen LogP contribution in [-0.4, -0.2) is 11.8 Å². The van der Waals surface area contributed by atoms with Crippen LogP contribution in [0.25, 0.3) is 5.57 Å². The molecule has 0 unspecified atom stereocenters. The van der Waals surface area contributed by atoms with E-state index in [1.54, 1.807) is 0 Å². The molecular formula is C28H27FN2O2. The number of anilines is 2. The van der Waals surface area contributed by atoms with Crippen molar-refractivity contribution in [2.75, 3.05) is 10.2 Å². The quantitative estimate of drug-likeness (QED) is 0.445. The van der Waals surface area contributed by atoms with Gasteiger partial charge in [0.05, 0.1) is 11.3 Å². The molecular weight excluding hydrogens is 415 g/mol. The van der Waals surface area contributed by atoms with Crippen LogP contribution in [0.3, 0.4) is 0 Å². The van der Waals surface area contributed by atoms with E-state index in [2.05, 4.69) is 12.2 Å². The molecule has 3 aromatic carbocycles. The first-order valence-corrected chi connectivity index (χ1v) is 11.2. The number of nitrogens with one attached hydrogen (secondary N) is 1. The van der Waals surface area contributed by atoms with E-state index < -0.39 is 17.6 Å². The first kappa shape index (κ1) is 22.5. The summed E-state index contributed by atoms with van der Waals surface area (Å²) in [6, 6.07) is 19.0. The van der Waals surface area contributed by atoms with Gasteiger partial charge < -0.3 is 5.32 Å². The number of halogens is 1. The Hall–Kier alpha value is -3.73. The molecule has 0 spiro atoms. The number of hydrogen-bond donors (Lipinski definition) is 1. The fourth-order valence-electron chi connectivity index (χ4n) is 4.05. The Morgan fingerprint density at radius 3 is 2.21 bits per heavy atom. The van der Waals surface area contributed by atoms with E-state index in [-0.39, 0.29) is 11.3 Å². The lowest BCUT2D eigenvalue weighted by molar-refractivity contribution is -0.120. The zero-order valence-corrected chi connectivity index (χ0v) is 19.1. The van der Waals surface area contributed by atoms with E-state index in [4.69, 9.17) is 0 Å². The smallest absolute Gasteiger partial charge is 0.282 e. The second kappa shape index (κ2) is 9.41. The van der Waals surface area contributed by atoms with Crippen molar-refractivity contribution < 1.29 is 14.0 Å². The molecule has 1 aliphatic rings. The van der Waals surface area contributed by atoms with Gasteiger partial charge in [-0.3, -0.25) is 9.59 Å². The van der Waals surface area contributed by atoms with E-state index in [0.717, 1.165) is 36.1 Å². The minimum absolute atomic E-state index is 0.189. The number of aryl methyl sites for hydroxylation is 3. The van der Waals surface area contributed by atoms with E-state index in [1.807, 2.05) is 56.3 Å². The van der Waals surface area contributed by atoms with Crippen LogP contribution in [0.2, 0.25) is 0 Å². The van der Waals surface area contributed by atoms with Crippen LogP contribution in [0.5, 0.6) is 0 Å². The zero-order valence-electron chi connectivity index (χ0n) is 19.1. The Balaban J connectivity index is 1.74. The van der Waals surface area contributed by atoms with Crippen LogP contribution >= 0.6 is 0 Å². The predicted octanol–water partition coefficient (Wildman–Crippen LogP) is 6.18. The van der Waals surface area contributed by atoms with Crippen molar-refractivity contribution >= 4 is 28.8 Å². The van der Waals surface area contributed by atoms with Gasteiger partial charge in [0.25, 0.3) is 11.8 Å². The molecule has 0 bridgehead atoms. The van der Waals surface area contributed by atoms with E-state index in [9.17, 15) is 14.0 Å². The summed E-state index contributed by atoms with van der Waals surface area (Å²) in [5.41, 5.74) is 5.40. The third kappa shape index (κ3) is 4.58. The van der Waals surface area contributed by atoms with Crippen molar-refractivity contribution in [3.63, 3.8) is 0 Å². The fraction of sp³-hybridized carbons (Fsp3) is 0.214. The zero-order chi connectivity index (χ0) is 23.5. The third-order valence-corrected chi connectivity index (χ3v) is 5.87. The summed E-state index contributed by atoms with van der Waals surface area (Å²) in [6.07, 6.45) is 3.14. The van der Waals surface area contributed by atoms with Gasteiger partial charge in [-0.2, -0.15) is 0 Å². The van der Waals surface area contributed by atoms with Crippen molar-refractivity contribution in [3.05, 3.63) is 100 Å². The highest BCUT2D eigenvalue weighted by Gasteiger charge is 2.40. The average Bonchev–Trinajstić information content (AvgIpc) is 3.04. The van der Waals surface area contributed by atoms with Gasteiger partial charge in [0.1, 0.15) is 11.5 Å². The SMILES string of the molecule is CCCCc1ccc(N2C(=O)C(Nc3ccc(C)cc3C)=C(c3ccc(F)cc3)C2=O)cc1. The van der Waals surface area contributed by atoms with Crippen LogP contribution < -0.4 is 10.2 Å². The molecule has 0 saturated heterocycles. The highest BCUT2D eigenvalue weighted by Crippen LogP contribution is 2.34. The van der Waals surface area contributed by atoms with Gasteiger partial charge in [-0.1, -0.05) is 55.3 Å². The van der Waals surface area contributed by atoms with Crippen molar-refractivity contribution in [2.45, 2.75) is 40.0 Å². The molecule has 0 fully saturated rings. The standard InChI is InChI=1S/C28H27FN2O2/c1-4-5-6-20-8-14-23(15-9-20)31-27(32)25(21-10-12-22(29)13-11-21)26(28(31)33)30-24-16-7-18(2)17-19(24)3/h7-17,30H,4-6H2,1-3H3. The maximum atomic E-state index is 13.6. The lowest BCUT2D eigenvalue weighted by Gasteiger charge is -2.16.